The number of hydrogen-bond donors (Lipinski definition) is 3. The highest BCUT2D eigenvalue weighted by Crippen LogP contribution is 2.18. The van der Waals surface area contributed by atoms with E-state index in [-0.39, 0.29) is 17.8 Å². The van der Waals surface area contributed by atoms with Crippen LogP contribution in [0.2, 0.25) is 0 Å². The van der Waals surface area contributed by atoms with Gasteiger partial charge in [0.05, 0.1) is 18.2 Å². The van der Waals surface area contributed by atoms with Gasteiger partial charge in [0.2, 0.25) is 0 Å². The lowest BCUT2D eigenvalue weighted by molar-refractivity contribution is -0.137. The van der Waals surface area contributed by atoms with Crippen molar-refractivity contribution in [3.63, 3.8) is 0 Å². The second-order valence-electron chi connectivity index (χ2n) is 6.36. The fourth-order valence-electron chi connectivity index (χ4n) is 2.78. The van der Waals surface area contributed by atoms with Crippen LogP contribution in [-0.2, 0) is 4.79 Å². The van der Waals surface area contributed by atoms with Crippen LogP contribution >= 0.6 is 0 Å². The summed E-state index contributed by atoms with van der Waals surface area (Å²) in [5.74, 6) is -2.23. The maximum absolute atomic E-state index is 13.4. The molecule has 0 bridgehead atoms. The first-order valence-electron chi connectivity index (χ1n) is 8.51. The third-order valence-electron chi connectivity index (χ3n) is 4.20. The number of carbonyl (C=O) groups is 2. The first-order valence-corrected chi connectivity index (χ1v) is 8.51. The molecule has 0 unspecified atom stereocenters. The number of carboxylic acids is 1. The Kier molecular flexibility index (Phi) is 5.39. The smallest absolute Gasteiger partial charge is 0.305 e. The number of carbonyl (C=O) groups excluding carboxylic acids is 1. The van der Waals surface area contributed by atoms with E-state index in [0.29, 0.717) is 5.56 Å². The minimum atomic E-state index is -1.07. The van der Waals surface area contributed by atoms with Gasteiger partial charge in [0.1, 0.15) is 11.5 Å². The van der Waals surface area contributed by atoms with Gasteiger partial charge in [-0.25, -0.2) is 9.07 Å². The molecule has 3 N–H and O–H groups in total. The molecular weight excluding hydrogens is 365 g/mol. The Balaban J connectivity index is 1.86. The topological polar surface area (TPSA) is 104 Å². The zero-order valence-electron chi connectivity index (χ0n) is 15.0. The molecule has 0 aliphatic carbocycles. The average molecular weight is 383 g/mol. The number of aliphatic carboxylic acids is 1. The highest BCUT2D eigenvalue weighted by Gasteiger charge is 2.21. The average Bonchev–Trinajstić information content (AvgIpc) is 3.03. The molecule has 0 saturated carbocycles. The normalized spacial score (nSPS) is 11.8. The zero-order valence-corrected chi connectivity index (χ0v) is 15.0. The van der Waals surface area contributed by atoms with Crippen molar-refractivity contribution in [1.82, 2.24) is 15.1 Å². The van der Waals surface area contributed by atoms with Crippen molar-refractivity contribution < 1.29 is 19.1 Å². The number of aromatic amines is 1. The van der Waals surface area contributed by atoms with Gasteiger partial charge in [0.15, 0.2) is 0 Å². The minimum Gasteiger partial charge on any atom is -0.481 e. The van der Waals surface area contributed by atoms with E-state index in [9.17, 15) is 18.8 Å². The fraction of sp³-hybridized carbons (Fsp3) is 0.150. The summed E-state index contributed by atoms with van der Waals surface area (Å²) in [6, 6.07) is 12.8. The number of carboxylic acid groups (broad SMARTS) is 1. The molecule has 0 aliphatic rings. The number of hydrogen-bond acceptors (Lipinski definition) is 3. The lowest BCUT2D eigenvalue weighted by Gasteiger charge is -2.17. The second-order valence-corrected chi connectivity index (χ2v) is 6.36. The Labute approximate surface area is 159 Å². The maximum Gasteiger partial charge on any atom is 0.305 e. The van der Waals surface area contributed by atoms with Crippen LogP contribution in [0.3, 0.4) is 0 Å². The highest BCUT2D eigenvalue weighted by molar-refractivity contribution is 5.92. The minimum absolute atomic E-state index is 0.0586. The molecule has 1 aromatic heterocycles. The van der Waals surface area contributed by atoms with Crippen molar-refractivity contribution in [1.29, 1.82) is 0 Å². The lowest BCUT2D eigenvalue weighted by Crippen LogP contribution is -2.30. The molecule has 0 fully saturated rings. The van der Waals surface area contributed by atoms with Gasteiger partial charge in [-0.05, 0) is 30.7 Å². The van der Waals surface area contributed by atoms with E-state index in [2.05, 4.69) is 10.4 Å². The summed E-state index contributed by atoms with van der Waals surface area (Å²) in [7, 11) is 0. The van der Waals surface area contributed by atoms with Crippen LogP contribution in [-0.4, -0.2) is 26.8 Å². The SMILES string of the molecule is Cc1ccc([C@H](CC(=O)O)NC(=O)c2cc(=O)n(-c3cccc(F)c3)[nH]2)cc1. The Bertz CT molecular complexity index is 1070. The molecule has 1 amide bonds. The van der Waals surface area contributed by atoms with E-state index in [1.165, 1.54) is 18.2 Å². The van der Waals surface area contributed by atoms with Gasteiger partial charge < -0.3 is 10.4 Å². The summed E-state index contributed by atoms with van der Waals surface area (Å²) in [4.78, 5) is 35.9. The molecule has 0 saturated heterocycles. The molecule has 1 atom stereocenters. The van der Waals surface area contributed by atoms with Gasteiger partial charge >= 0.3 is 5.97 Å². The Morgan fingerprint density at radius 2 is 1.89 bits per heavy atom. The van der Waals surface area contributed by atoms with E-state index < -0.39 is 29.3 Å². The van der Waals surface area contributed by atoms with Gasteiger partial charge in [-0.15, -0.1) is 0 Å². The largest absolute Gasteiger partial charge is 0.481 e. The summed E-state index contributed by atoms with van der Waals surface area (Å²) in [6.45, 7) is 1.90. The number of H-pyrrole nitrogens is 1. The van der Waals surface area contributed by atoms with Crippen LogP contribution < -0.4 is 10.9 Å². The summed E-state index contributed by atoms with van der Waals surface area (Å²) >= 11 is 0. The van der Waals surface area contributed by atoms with E-state index in [0.717, 1.165) is 22.4 Å². The third kappa shape index (κ3) is 4.35. The van der Waals surface area contributed by atoms with Crippen molar-refractivity contribution >= 4 is 11.9 Å². The Morgan fingerprint density at radius 3 is 2.54 bits per heavy atom. The molecule has 0 aliphatic heterocycles. The van der Waals surface area contributed by atoms with Gasteiger partial charge in [-0.3, -0.25) is 19.5 Å². The summed E-state index contributed by atoms with van der Waals surface area (Å²) in [5, 5.41) is 14.4. The predicted octanol–water partition coefficient (Wildman–Crippen LogP) is 2.56. The lowest BCUT2D eigenvalue weighted by atomic mass is 10.0. The van der Waals surface area contributed by atoms with Crippen molar-refractivity contribution in [3.8, 4) is 5.69 Å². The number of rotatable bonds is 6. The predicted molar refractivity (Wildman–Crippen MR) is 100.0 cm³/mol. The van der Waals surface area contributed by atoms with Crippen LogP contribution in [0.25, 0.3) is 5.69 Å². The third-order valence-corrected chi connectivity index (χ3v) is 4.20. The van der Waals surface area contributed by atoms with Crippen LogP contribution in [0.4, 0.5) is 4.39 Å². The monoisotopic (exact) mass is 383 g/mol. The van der Waals surface area contributed by atoms with Crippen LogP contribution in [0.15, 0.2) is 59.4 Å². The van der Waals surface area contributed by atoms with E-state index in [1.807, 2.05) is 19.1 Å². The van der Waals surface area contributed by atoms with Gasteiger partial charge in [-0.1, -0.05) is 35.9 Å². The number of benzene rings is 2. The number of aromatic nitrogens is 2. The van der Waals surface area contributed by atoms with Crippen LogP contribution in [0.1, 0.15) is 34.1 Å². The molecule has 0 radical (unpaired) electrons. The molecule has 3 aromatic rings. The van der Waals surface area contributed by atoms with Crippen molar-refractivity contribution in [3.05, 3.63) is 87.6 Å². The van der Waals surface area contributed by atoms with Crippen molar-refractivity contribution in [2.24, 2.45) is 0 Å². The van der Waals surface area contributed by atoms with E-state index in [1.54, 1.807) is 12.1 Å². The standard InChI is InChI=1S/C20H18FN3O4/c1-12-5-7-13(8-6-12)16(11-19(26)27)22-20(28)17-10-18(25)24(23-17)15-4-2-3-14(21)9-15/h2-10,16,23H,11H2,1H3,(H,22,28)(H,26,27)/t16-/m0/s1. The first kappa shape index (κ1) is 19.1. The zero-order chi connectivity index (χ0) is 20.3. The number of aryl methyl sites for hydroxylation is 1. The molecular formula is C20H18FN3O4. The van der Waals surface area contributed by atoms with Crippen molar-refractivity contribution in [2.75, 3.05) is 0 Å². The highest BCUT2D eigenvalue weighted by atomic mass is 19.1. The fourth-order valence-corrected chi connectivity index (χ4v) is 2.78. The molecule has 3 rings (SSSR count). The number of halogens is 1. The molecule has 7 nitrogen and oxygen atoms in total. The van der Waals surface area contributed by atoms with Crippen molar-refractivity contribution in [2.45, 2.75) is 19.4 Å². The van der Waals surface area contributed by atoms with Crippen LogP contribution in [0.5, 0.6) is 0 Å². The van der Waals surface area contributed by atoms with Gasteiger partial charge in [-0.2, -0.15) is 0 Å². The number of nitrogens with one attached hydrogen (secondary N) is 2. The molecule has 0 spiro atoms. The maximum atomic E-state index is 13.4. The summed E-state index contributed by atoms with van der Waals surface area (Å²) in [5.41, 5.74) is 1.27. The first-order chi connectivity index (χ1) is 13.3. The Morgan fingerprint density at radius 1 is 1.18 bits per heavy atom. The van der Waals surface area contributed by atoms with Crippen LogP contribution in [0, 0.1) is 12.7 Å². The second kappa shape index (κ2) is 7.91. The Hall–Kier alpha value is -3.68. The molecule has 8 heteroatoms. The summed E-state index contributed by atoms with van der Waals surface area (Å²) in [6.07, 6.45) is -0.316. The molecule has 144 valence electrons. The molecule has 2 aromatic carbocycles. The molecule has 1 heterocycles. The number of amides is 1. The van der Waals surface area contributed by atoms with Gasteiger partial charge in [0.25, 0.3) is 11.5 Å². The van der Waals surface area contributed by atoms with E-state index in [4.69, 9.17) is 5.11 Å². The van der Waals surface area contributed by atoms with E-state index >= 15 is 0 Å². The summed E-state index contributed by atoms with van der Waals surface area (Å²) < 4.78 is 14.4. The quantitative estimate of drug-likeness (QED) is 0.608. The molecule has 28 heavy (non-hydrogen) atoms. The number of nitrogens with zero attached hydrogens (tertiary/aromatic N) is 1. The van der Waals surface area contributed by atoms with Gasteiger partial charge in [0, 0.05) is 6.07 Å².